The smallest absolute Gasteiger partial charge is 0.136 e. The number of aromatic nitrogens is 1. The van der Waals surface area contributed by atoms with Crippen LogP contribution in [0.5, 0.6) is 0 Å². The molecule has 65 heavy (non-hydrogen) atoms. The Morgan fingerprint density at radius 3 is 1.65 bits per heavy atom. The molecule has 0 aliphatic heterocycles. The fraction of sp³-hybridized carbons (Fsp3) is 0. The van der Waals surface area contributed by atoms with E-state index in [0.29, 0.717) is 0 Å². The SMILES string of the molecule is c1cc(-c2ccc3c(ccc4ccccc43)c2)cc(N(c2ccc(-c3cccc(-n4c5ccccc5c5ccccc54)c3)cc2)c2cccc(-c3cccc4oc5ccccc5c34)c2)c1. The molecule has 2 aromatic heterocycles. The van der Waals surface area contributed by atoms with E-state index in [1.165, 1.54) is 48.9 Å². The third kappa shape index (κ3) is 6.20. The van der Waals surface area contributed by atoms with E-state index in [0.717, 1.165) is 72.5 Å². The van der Waals surface area contributed by atoms with Gasteiger partial charge >= 0.3 is 0 Å². The minimum Gasteiger partial charge on any atom is -0.456 e. The highest BCUT2D eigenvalue weighted by Crippen LogP contribution is 2.42. The zero-order chi connectivity index (χ0) is 42.8. The molecule has 0 aliphatic rings. The average molecular weight is 829 g/mol. The molecule has 0 spiro atoms. The van der Waals surface area contributed by atoms with Gasteiger partial charge in [-0.25, -0.2) is 0 Å². The van der Waals surface area contributed by atoms with Crippen molar-refractivity contribution < 1.29 is 4.42 Å². The highest BCUT2D eigenvalue weighted by atomic mass is 16.3. The van der Waals surface area contributed by atoms with Crippen molar-refractivity contribution in [1.82, 2.24) is 4.57 Å². The Hall–Kier alpha value is -8.66. The first kappa shape index (κ1) is 36.9. The predicted molar refractivity (Wildman–Crippen MR) is 274 cm³/mol. The molecule has 3 heteroatoms. The minimum absolute atomic E-state index is 0.889. The number of fused-ring (bicyclic) bond motifs is 9. The van der Waals surface area contributed by atoms with Gasteiger partial charge in [0.05, 0.1) is 11.0 Å². The Morgan fingerprint density at radius 1 is 0.308 bits per heavy atom. The summed E-state index contributed by atoms with van der Waals surface area (Å²) in [6, 6.07) is 87.8. The predicted octanol–water partition coefficient (Wildman–Crippen LogP) is 17.5. The maximum Gasteiger partial charge on any atom is 0.136 e. The van der Waals surface area contributed by atoms with E-state index in [1.54, 1.807) is 0 Å². The molecule has 0 amide bonds. The van der Waals surface area contributed by atoms with E-state index in [-0.39, 0.29) is 0 Å². The molecule has 0 saturated heterocycles. The van der Waals surface area contributed by atoms with E-state index in [2.05, 4.69) is 240 Å². The quantitative estimate of drug-likeness (QED) is 0.149. The number of anilines is 3. The largest absolute Gasteiger partial charge is 0.456 e. The first-order valence-corrected chi connectivity index (χ1v) is 22.2. The van der Waals surface area contributed by atoms with Crippen LogP contribution < -0.4 is 4.90 Å². The van der Waals surface area contributed by atoms with Crippen molar-refractivity contribution in [3.05, 3.63) is 243 Å². The van der Waals surface area contributed by atoms with Gasteiger partial charge in [-0.3, -0.25) is 0 Å². The van der Waals surface area contributed by atoms with Crippen LogP contribution in [0.3, 0.4) is 0 Å². The molecular weight excluding hydrogens is 789 g/mol. The number of nitrogens with zero attached hydrogens (tertiary/aromatic N) is 2. The van der Waals surface area contributed by atoms with Crippen LogP contribution in [0.2, 0.25) is 0 Å². The molecule has 0 saturated carbocycles. The third-order valence-corrected chi connectivity index (χ3v) is 13.1. The first-order valence-electron chi connectivity index (χ1n) is 22.2. The third-order valence-electron chi connectivity index (χ3n) is 13.1. The van der Waals surface area contributed by atoms with Gasteiger partial charge in [0.2, 0.25) is 0 Å². The summed E-state index contributed by atoms with van der Waals surface area (Å²) >= 11 is 0. The van der Waals surface area contributed by atoms with Gasteiger partial charge in [0.15, 0.2) is 0 Å². The second kappa shape index (κ2) is 15.0. The topological polar surface area (TPSA) is 21.3 Å². The lowest BCUT2D eigenvalue weighted by molar-refractivity contribution is 0.669. The van der Waals surface area contributed by atoms with E-state index >= 15 is 0 Å². The van der Waals surface area contributed by atoms with Crippen molar-refractivity contribution in [3.63, 3.8) is 0 Å². The molecule has 2 heterocycles. The summed E-state index contributed by atoms with van der Waals surface area (Å²) in [7, 11) is 0. The summed E-state index contributed by atoms with van der Waals surface area (Å²) in [5, 5.41) is 9.80. The molecule has 0 unspecified atom stereocenters. The molecule has 0 radical (unpaired) electrons. The minimum atomic E-state index is 0.889. The molecule has 13 rings (SSSR count). The summed E-state index contributed by atoms with van der Waals surface area (Å²) in [6.45, 7) is 0. The average Bonchev–Trinajstić information content (AvgIpc) is 3.93. The Bertz CT molecular complexity index is 3910. The Labute approximate surface area is 376 Å². The van der Waals surface area contributed by atoms with Crippen molar-refractivity contribution in [2.24, 2.45) is 0 Å². The monoisotopic (exact) mass is 828 g/mol. The van der Waals surface area contributed by atoms with E-state index in [1.807, 2.05) is 12.1 Å². The molecular formula is C62H40N2O. The number of hydrogen-bond acceptors (Lipinski definition) is 2. The normalized spacial score (nSPS) is 11.7. The summed E-state index contributed by atoms with van der Waals surface area (Å²) in [5.41, 5.74) is 15.5. The second-order valence-electron chi connectivity index (χ2n) is 16.9. The fourth-order valence-electron chi connectivity index (χ4n) is 10.1. The van der Waals surface area contributed by atoms with Crippen LogP contribution in [-0.4, -0.2) is 4.57 Å². The number of rotatable bonds is 7. The van der Waals surface area contributed by atoms with Gasteiger partial charge in [-0.05, 0) is 134 Å². The second-order valence-corrected chi connectivity index (χ2v) is 16.9. The fourth-order valence-corrected chi connectivity index (χ4v) is 10.1. The zero-order valence-corrected chi connectivity index (χ0v) is 35.4. The van der Waals surface area contributed by atoms with Crippen molar-refractivity contribution in [2.45, 2.75) is 0 Å². The number of hydrogen-bond donors (Lipinski definition) is 0. The van der Waals surface area contributed by atoms with E-state index in [4.69, 9.17) is 4.42 Å². The van der Waals surface area contributed by atoms with Gasteiger partial charge in [-0.2, -0.15) is 0 Å². The van der Waals surface area contributed by atoms with Gasteiger partial charge in [0.1, 0.15) is 11.2 Å². The molecule has 0 aliphatic carbocycles. The molecule has 0 atom stereocenters. The van der Waals surface area contributed by atoms with Crippen LogP contribution in [0, 0.1) is 0 Å². The molecule has 0 fully saturated rings. The summed E-state index contributed by atoms with van der Waals surface area (Å²) in [6.07, 6.45) is 0. The van der Waals surface area contributed by atoms with Gasteiger partial charge in [0, 0.05) is 44.3 Å². The van der Waals surface area contributed by atoms with Crippen molar-refractivity contribution >= 4 is 82.4 Å². The van der Waals surface area contributed by atoms with E-state index in [9.17, 15) is 0 Å². The molecule has 11 aromatic carbocycles. The van der Waals surface area contributed by atoms with Crippen molar-refractivity contribution in [1.29, 1.82) is 0 Å². The lowest BCUT2D eigenvalue weighted by Gasteiger charge is -2.27. The van der Waals surface area contributed by atoms with Gasteiger partial charge < -0.3 is 13.9 Å². The van der Waals surface area contributed by atoms with Crippen LogP contribution >= 0.6 is 0 Å². The van der Waals surface area contributed by atoms with E-state index < -0.39 is 0 Å². The molecule has 13 aromatic rings. The van der Waals surface area contributed by atoms with Gasteiger partial charge in [-0.15, -0.1) is 0 Å². The maximum atomic E-state index is 6.34. The van der Waals surface area contributed by atoms with Crippen molar-refractivity contribution in [2.75, 3.05) is 4.90 Å². The first-order chi connectivity index (χ1) is 32.2. The standard InChI is InChI=1S/C62H40N2O/c1-2-20-52-42(13-1)29-30-47-37-45(33-36-53(47)52)44-15-10-17-49(39-44)63(50-18-11-16-46(40-50)54-24-12-28-61-62(54)57-23-5-8-27-60(57)65-61)48-34-31-41(32-35-48)43-14-9-19-51(38-43)64-58-25-6-3-21-55(58)56-22-4-7-26-59(56)64/h1-40H. The number of benzene rings is 11. The zero-order valence-electron chi connectivity index (χ0n) is 35.4. The molecule has 304 valence electrons. The summed E-state index contributed by atoms with van der Waals surface area (Å²) in [5.74, 6) is 0. The maximum absolute atomic E-state index is 6.34. The highest BCUT2D eigenvalue weighted by molar-refractivity contribution is 6.13. The Morgan fingerprint density at radius 2 is 0.862 bits per heavy atom. The van der Waals surface area contributed by atoms with Gasteiger partial charge in [-0.1, -0.05) is 164 Å². The van der Waals surface area contributed by atoms with Crippen LogP contribution in [0.1, 0.15) is 0 Å². The Balaban J connectivity index is 0.931. The lowest BCUT2D eigenvalue weighted by Crippen LogP contribution is -2.10. The summed E-state index contributed by atoms with van der Waals surface area (Å²) in [4.78, 5) is 2.38. The number of furan rings is 1. The van der Waals surface area contributed by atoms with Gasteiger partial charge in [0.25, 0.3) is 0 Å². The molecule has 3 nitrogen and oxygen atoms in total. The van der Waals surface area contributed by atoms with Crippen LogP contribution in [0.15, 0.2) is 247 Å². The lowest BCUT2D eigenvalue weighted by atomic mass is 9.97. The van der Waals surface area contributed by atoms with Crippen LogP contribution in [0.25, 0.3) is 104 Å². The summed E-state index contributed by atoms with van der Waals surface area (Å²) < 4.78 is 8.72. The Kier molecular flexibility index (Phi) is 8.53. The highest BCUT2D eigenvalue weighted by Gasteiger charge is 2.18. The molecule has 0 N–H and O–H groups in total. The molecule has 0 bridgehead atoms. The van der Waals surface area contributed by atoms with Crippen LogP contribution in [-0.2, 0) is 0 Å². The number of para-hydroxylation sites is 3. The van der Waals surface area contributed by atoms with Crippen molar-refractivity contribution in [3.8, 4) is 39.1 Å². The van der Waals surface area contributed by atoms with Crippen LogP contribution in [0.4, 0.5) is 17.1 Å².